The summed E-state index contributed by atoms with van der Waals surface area (Å²) in [6.07, 6.45) is 0. The molecule has 0 saturated carbocycles. The van der Waals surface area contributed by atoms with Crippen LogP contribution in [0.4, 0.5) is 0 Å². The van der Waals surface area contributed by atoms with Crippen LogP contribution in [0, 0.1) is 0 Å². The minimum Gasteiger partial charge on any atom is -0.497 e. The Hall–Kier alpha value is -2.94. The molecular formula is C21H20O3. The van der Waals surface area contributed by atoms with Crippen molar-refractivity contribution in [1.82, 2.24) is 0 Å². The van der Waals surface area contributed by atoms with Gasteiger partial charge in [0, 0.05) is 5.56 Å². The molecule has 0 fully saturated rings. The van der Waals surface area contributed by atoms with E-state index >= 15 is 0 Å². The Morgan fingerprint density at radius 2 is 1.21 bits per heavy atom. The molecule has 0 aliphatic rings. The minimum absolute atomic E-state index is 0.834. The summed E-state index contributed by atoms with van der Waals surface area (Å²) in [5.41, 5.74) is 4.31. The molecule has 0 aliphatic carbocycles. The molecule has 3 rings (SSSR count). The standard InChI is InChI=1S/C21H20O3/c1-22-18-10-7-15(8-11-18)20-12-9-17(14-21(20)24-3)16-5-4-6-19(13-16)23-2/h4-14H,1-3H3. The highest BCUT2D eigenvalue weighted by molar-refractivity contribution is 5.77. The number of hydrogen-bond donors (Lipinski definition) is 0. The molecule has 3 aromatic rings. The van der Waals surface area contributed by atoms with Gasteiger partial charge in [-0.2, -0.15) is 0 Å². The monoisotopic (exact) mass is 320 g/mol. The zero-order valence-electron chi connectivity index (χ0n) is 14.1. The quantitative estimate of drug-likeness (QED) is 0.658. The fourth-order valence-electron chi connectivity index (χ4n) is 2.68. The lowest BCUT2D eigenvalue weighted by Gasteiger charge is -2.12. The van der Waals surface area contributed by atoms with Gasteiger partial charge in [-0.3, -0.25) is 0 Å². The van der Waals surface area contributed by atoms with Gasteiger partial charge in [0.25, 0.3) is 0 Å². The second kappa shape index (κ2) is 7.09. The number of benzene rings is 3. The van der Waals surface area contributed by atoms with Crippen LogP contribution in [0.5, 0.6) is 17.2 Å². The average molecular weight is 320 g/mol. The maximum atomic E-state index is 5.61. The summed E-state index contributed by atoms with van der Waals surface area (Å²) in [7, 11) is 5.03. The lowest BCUT2D eigenvalue weighted by atomic mass is 9.99. The van der Waals surface area contributed by atoms with Gasteiger partial charge in [0.05, 0.1) is 21.3 Å². The molecule has 0 atom stereocenters. The fourth-order valence-corrected chi connectivity index (χ4v) is 2.68. The molecule has 3 nitrogen and oxygen atoms in total. The van der Waals surface area contributed by atoms with Gasteiger partial charge in [-0.15, -0.1) is 0 Å². The summed E-state index contributed by atoms with van der Waals surface area (Å²) < 4.78 is 16.1. The summed E-state index contributed by atoms with van der Waals surface area (Å²) >= 11 is 0. The molecule has 0 radical (unpaired) electrons. The van der Waals surface area contributed by atoms with Crippen LogP contribution in [-0.4, -0.2) is 21.3 Å². The van der Waals surface area contributed by atoms with E-state index in [2.05, 4.69) is 18.2 Å². The Balaban J connectivity index is 2.00. The second-order valence-corrected chi connectivity index (χ2v) is 5.38. The first-order valence-corrected chi connectivity index (χ1v) is 7.72. The first-order chi connectivity index (χ1) is 11.7. The van der Waals surface area contributed by atoms with Crippen molar-refractivity contribution in [2.75, 3.05) is 21.3 Å². The first kappa shape index (κ1) is 15.9. The average Bonchev–Trinajstić information content (AvgIpc) is 2.67. The van der Waals surface area contributed by atoms with Crippen molar-refractivity contribution < 1.29 is 14.2 Å². The minimum atomic E-state index is 0.834. The molecule has 3 heteroatoms. The number of rotatable bonds is 5. The van der Waals surface area contributed by atoms with Gasteiger partial charge >= 0.3 is 0 Å². The molecule has 3 aromatic carbocycles. The van der Waals surface area contributed by atoms with Crippen molar-refractivity contribution in [2.45, 2.75) is 0 Å². The van der Waals surface area contributed by atoms with E-state index in [4.69, 9.17) is 14.2 Å². The Morgan fingerprint density at radius 3 is 1.88 bits per heavy atom. The largest absolute Gasteiger partial charge is 0.497 e. The lowest BCUT2D eigenvalue weighted by Crippen LogP contribution is -1.90. The van der Waals surface area contributed by atoms with Gasteiger partial charge in [0.2, 0.25) is 0 Å². The van der Waals surface area contributed by atoms with Crippen molar-refractivity contribution >= 4 is 0 Å². The number of ether oxygens (including phenoxy) is 3. The predicted octanol–water partition coefficient (Wildman–Crippen LogP) is 5.05. The molecule has 0 amide bonds. The van der Waals surface area contributed by atoms with Gasteiger partial charge in [0.1, 0.15) is 17.2 Å². The van der Waals surface area contributed by atoms with Crippen molar-refractivity contribution in [3.05, 3.63) is 66.7 Å². The van der Waals surface area contributed by atoms with Gasteiger partial charge in [-0.25, -0.2) is 0 Å². The molecule has 0 N–H and O–H groups in total. The summed E-state index contributed by atoms with van der Waals surface area (Å²) in [6, 6.07) is 22.2. The van der Waals surface area contributed by atoms with Crippen LogP contribution in [0.25, 0.3) is 22.3 Å². The third kappa shape index (κ3) is 3.20. The third-order valence-corrected chi connectivity index (χ3v) is 4.01. The Kier molecular flexibility index (Phi) is 4.71. The van der Waals surface area contributed by atoms with E-state index in [0.717, 1.165) is 39.5 Å². The highest BCUT2D eigenvalue weighted by Gasteiger charge is 2.09. The van der Waals surface area contributed by atoms with E-state index in [9.17, 15) is 0 Å². The molecule has 0 aliphatic heterocycles. The Morgan fingerprint density at radius 1 is 0.542 bits per heavy atom. The van der Waals surface area contributed by atoms with Crippen LogP contribution in [0.1, 0.15) is 0 Å². The van der Waals surface area contributed by atoms with Crippen LogP contribution in [0.3, 0.4) is 0 Å². The highest BCUT2D eigenvalue weighted by atomic mass is 16.5. The maximum absolute atomic E-state index is 5.61. The SMILES string of the molecule is COc1ccc(-c2ccc(-c3cccc(OC)c3)cc2OC)cc1. The summed E-state index contributed by atoms with van der Waals surface area (Å²) in [6.45, 7) is 0. The third-order valence-electron chi connectivity index (χ3n) is 4.01. The van der Waals surface area contributed by atoms with E-state index in [1.54, 1.807) is 21.3 Å². The molecule has 0 spiro atoms. The van der Waals surface area contributed by atoms with E-state index in [1.807, 2.05) is 48.5 Å². The van der Waals surface area contributed by atoms with Gasteiger partial charge < -0.3 is 14.2 Å². The molecule has 122 valence electrons. The van der Waals surface area contributed by atoms with E-state index in [-0.39, 0.29) is 0 Å². The topological polar surface area (TPSA) is 27.7 Å². The van der Waals surface area contributed by atoms with Gasteiger partial charge in [-0.05, 0) is 47.0 Å². The zero-order valence-corrected chi connectivity index (χ0v) is 14.1. The number of hydrogen-bond acceptors (Lipinski definition) is 3. The zero-order chi connectivity index (χ0) is 16.9. The molecular weight excluding hydrogens is 300 g/mol. The lowest BCUT2D eigenvalue weighted by molar-refractivity contribution is 0.414. The van der Waals surface area contributed by atoms with Crippen LogP contribution in [-0.2, 0) is 0 Å². The van der Waals surface area contributed by atoms with E-state index in [0.29, 0.717) is 0 Å². The fraction of sp³-hybridized carbons (Fsp3) is 0.143. The summed E-state index contributed by atoms with van der Waals surface area (Å²) in [5.74, 6) is 2.51. The van der Waals surface area contributed by atoms with Crippen molar-refractivity contribution in [1.29, 1.82) is 0 Å². The first-order valence-electron chi connectivity index (χ1n) is 7.72. The smallest absolute Gasteiger partial charge is 0.127 e. The van der Waals surface area contributed by atoms with E-state index in [1.165, 1.54) is 0 Å². The summed E-state index contributed by atoms with van der Waals surface area (Å²) in [5, 5.41) is 0. The number of methoxy groups -OCH3 is 3. The van der Waals surface area contributed by atoms with Crippen LogP contribution < -0.4 is 14.2 Å². The van der Waals surface area contributed by atoms with Gasteiger partial charge in [-0.1, -0.05) is 36.4 Å². The van der Waals surface area contributed by atoms with E-state index < -0.39 is 0 Å². The Bertz CT molecular complexity index is 823. The molecule has 0 aromatic heterocycles. The van der Waals surface area contributed by atoms with Crippen molar-refractivity contribution in [3.8, 4) is 39.5 Å². The second-order valence-electron chi connectivity index (χ2n) is 5.38. The molecule has 0 unspecified atom stereocenters. The molecule has 0 bridgehead atoms. The van der Waals surface area contributed by atoms with Crippen molar-refractivity contribution in [3.63, 3.8) is 0 Å². The molecule has 0 saturated heterocycles. The normalized spacial score (nSPS) is 10.3. The Labute approximate surface area is 142 Å². The molecule has 0 heterocycles. The molecule has 24 heavy (non-hydrogen) atoms. The van der Waals surface area contributed by atoms with Crippen LogP contribution in [0.15, 0.2) is 66.7 Å². The van der Waals surface area contributed by atoms with Crippen molar-refractivity contribution in [2.24, 2.45) is 0 Å². The van der Waals surface area contributed by atoms with Crippen LogP contribution >= 0.6 is 0 Å². The van der Waals surface area contributed by atoms with Gasteiger partial charge in [0.15, 0.2) is 0 Å². The maximum Gasteiger partial charge on any atom is 0.127 e. The van der Waals surface area contributed by atoms with Crippen LogP contribution in [0.2, 0.25) is 0 Å². The summed E-state index contributed by atoms with van der Waals surface area (Å²) in [4.78, 5) is 0. The predicted molar refractivity (Wildman–Crippen MR) is 97.0 cm³/mol. The highest BCUT2D eigenvalue weighted by Crippen LogP contribution is 2.35.